The van der Waals surface area contributed by atoms with E-state index >= 15 is 0 Å². The Kier molecular flexibility index (Phi) is 3.37. The Labute approximate surface area is 110 Å². The fraction of sp³-hybridized carbons (Fsp3) is 0.250. The second kappa shape index (κ2) is 4.97. The third-order valence-corrected chi connectivity index (χ3v) is 2.42. The van der Waals surface area contributed by atoms with Crippen molar-refractivity contribution in [3.63, 3.8) is 0 Å². The average Bonchev–Trinajstić information content (AvgIpc) is 2.74. The molecule has 1 heterocycles. The maximum absolute atomic E-state index is 12.0. The van der Waals surface area contributed by atoms with Crippen molar-refractivity contribution in [1.82, 2.24) is 19.7 Å². The van der Waals surface area contributed by atoms with Gasteiger partial charge < -0.3 is 15.4 Å². The Balaban J connectivity index is 2.37. The van der Waals surface area contributed by atoms with Gasteiger partial charge in [0, 0.05) is 32.9 Å². The lowest BCUT2D eigenvalue weighted by molar-refractivity contribution is 0.0825. The van der Waals surface area contributed by atoms with Crippen LogP contribution in [-0.2, 0) is 7.05 Å². The second-order valence-corrected chi connectivity index (χ2v) is 4.26. The highest BCUT2D eigenvalue weighted by Crippen LogP contribution is 2.26. The molecule has 1 aromatic carbocycles. The van der Waals surface area contributed by atoms with Gasteiger partial charge in [0.1, 0.15) is 12.1 Å². The van der Waals surface area contributed by atoms with Gasteiger partial charge in [-0.05, 0) is 12.1 Å². The van der Waals surface area contributed by atoms with E-state index in [1.54, 1.807) is 39.3 Å². The van der Waals surface area contributed by atoms with Crippen molar-refractivity contribution in [1.29, 1.82) is 0 Å². The van der Waals surface area contributed by atoms with E-state index < -0.39 is 0 Å². The molecule has 0 bridgehead atoms. The fourth-order valence-electron chi connectivity index (χ4n) is 1.51. The molecule has 0 saturated carbocycles. The molecular formula is C12H15N5O2. The number of nitrogen functional groups attached to an aromatic ring is 1. The zero-order valence-electron chi connectivity index (χ0n) is 11.0. The molecular weight excluding hydrogens is 246 g/mol. The van der Waals surface area contributed by atoms with Crippen LogP contribution in [0.3, 0.4) is 0 Å². The lowest BCUT2D eigenvalue weighted by Gasteiger charge is -2.13. The molecule has 100 valence electrons. The molecule has 19 heavy (non-hydrogen) atoms. The monoisotopic (exact) mass is 261 g/mol. The van der Waals surface area contributed by atoms with Gasteiger partial charge in [-0.15, -0.1) is 5.10 Å². The van der Waals surface area contributed by atoms with Gasteiger partial charge in [-0.25, -0.2) is 0 Å². The second-order valence-electron chi connectivity index (χ2n) is 4.26. The van der Waals surface area contributed by atoms with E-state index in [1.165, 1.54) is 15.9 Å². The summed E-state index contributed by atoms with van der Waals surface area (Å²) in [5.41, 5.74) is 6.62. The number of rotatable bonds is 3. The Hall–Kier alpha value is -2.57. The number of hydrogen-bond acceptors (Lipinski definition) is 5. The summed E-state index contributed by atoms with van der Waals surface area (Å²) in [6.07, 6.45) is 1.51. The van der Waals surface area contributed by atoms with Crippen molar-refractivity contribution < 1.29 is 9.53 Å². The first-order valence-electron chi connectivity index (χ1n) is 5.62. The van der Waals surface area contributed by atoms with Crippen LogP contribution in [0.15, 0.2) is 24.5 Å². The molecule has 2 N–H and O–H groups in total. The van der Waals surface area contributed by atoms with Crippen LogP contribution in [0.4, 0.5) is 5.69 Å². The topological polar surface area (TPSA) is 86.3 Å². The van der Waals surface area contributed by atoms with E-state index in [0.29, 0.717) is 17.0 Å². The lowest BCUT2D eigenvalue weighted by atomic mass is 10.1. The molecule has 0 aliphatic rings. The smallest absolute Gasteiger partial charge is 0.341 e. The number of carbonyl (C=O) groups excluding carboxylic acids is 1. The maximum atomic E-state index is 12.0. The molecule has 0 fully saturated rings. The number of amides is 1. The van der Waals surface area contributed by atoms with Crippen LogP contribution in [-0.4, -0.2) is 39.7 Å². The van der Waals surface area contributed by atoms with Gasteiger partial charge in [-0.2, -0.15) is 4.98 Å². The molecule has 0 aliphatic heterocycles. The van der Waals surface area contributed by atoms with Gasteiger partial charge in [0.15, 0.2) is 0 Å². The van der Waals surface area contributed by atoms with E-state index in [-0.39, 0.29) is 11.9 Å². The normalized spacial score (nSPS) is 10.3. The number of carbonyl (C=O) groups is 1. The maximum Gasteiger partial charge on any atom is 0.341 e. The van der Waals surface area contributed by atoms with E-state index in [4.69, 9.17) is 10.5 Å². The summed E-state index contributed by atoms with van der Waals surface area (Å²) in [4.78, 5) is 17.4. The number of aryl methyl sites for hydroxylation is 1. The third-order valence-electron chi connectivity index (χ3n) is 2.42. The first-order chi connectivity index (χ1) is 8.97. The van der Waals surface area contributed by atoms with Crippen LogP contribution < -0.4 is 10.5 Å². The molecule has 7 nitrogen and oxygen atoms in total. The standard InChI is InChI=1S/C12H15N5O2/c1-16(2)11(18)9-5-4-8(13)6-10(9)19-12-14-7-17(3)15-12/h4-7H,13H2,1-3H3. The molecule has 0 radical (unpaired) electrons. The molecule has 0 spiro atoms. The first kappa shape index (κ1) is 12.9. The van der Waals surface area contributed by atoms with E-state index in [2.05, 4.69) is 10.1 Å². The zero-order chi connectivity index (χ0) is 14.0. The van der Waals surface area contributed by atoms with Crippen LogP contribution >= 0.6 is 0 Å². The summed E-state index contributed by atoms with van der Waals surface area (Å²) >= 11 is 0. The molecule has 2 aromatic rings. The predicted octanol–water partition coefficient (Wildman–Crippen LogP) is 0.891. The predicted molar refractivity (Wildman–Crippen MR) is 69.9 cm³/mol. The van der Waals surface area contributed by atoms with Gasteiger partial charge in [0.25, 0.3) is 5.91 Å². The van der Waals surface area contributed by atoms with Crippen LogP contribution in [0.5, 0.6) is 11.8 Å². The summed E-state index contributed by atoms with van der Waals surface area (Å²) in [6, 6.07) is 5.01. The summed E-state index contributed by atoms with van der Waals surface area (Å²) in [5, 5.41) is 4.00. The highest BCUT2D eigenvalue weighted by Gasteiger charge is 2.16. The molecule has 1 aromatic heterocycles. The average molecular weight is 261 g/mol. The lowest BCUT2D eigenvalue weighted by Crippen LogP contribution is -2.22. The van der Waals surface area contributed by atoms with Crippen LogP contribution in [0.1, 0.15) is 10.4 Å². The number of aromatic nitrogens is 3. The van der Waals surface area contributed by atoms with Crippen molar-refractivity contribution in [3.8, 4) is 11.8 Å². The van der Waals surface area contributed by atoms with Gasteiger partial charge in [0.2, 0.25) is 0 Å². The Morgan fingerprint density at radius 2 is 2.16 bits per heavy atom. The summed E-state index contributed by atoms with van der Waals surface area (Å²) in [5.74, 6) is 0.163. The van der Waals surface area contributed by atoms with E-state index in [9.17, 15) is 4.79 Å². The van der Waals surface area contributed by atoms with Crippen molar-refractivity contribution in [2.75, 3.05) is 19.8 Å². The molecule has 7 heteroatoms. The van der Waals surface area contributed by atoms with Gasteiger partial charge in [-0.3, -0.25) is 9.48 Å². The highest BCUT2D eigenvalue weighted by atomic mass is 16.5. The summed E-state index contributed by atoms with van der Waals surface area (Å²) in [6.45, 7) is 0. The number of nitrogens with zero attached hydrogens (tertiary/aromatic N) is 4. The minimum atomic E-state index is -0.175. The van der Waals surface area contributed by atoms with Crippen LogP contribution in [0.25, 0.3) is 0 Å². The Bertz CT molecular complexity index is 606. The number of ether oxygens (including phenoxy) is 1. The minimum Gasteiger partial charge on any atom is -0.422 e. The van der Waals surface area contributed by atoms with Crippen LogP contribution in [0.2, 0.25) is 0 Å². The zero-order valence-corrected chi connectivity index (χ0v) is 11.0. The number of benzene rings is 1. The molecule has 1 amide bonds. The molecule has 0 saturated heterocycles. The fourth-order valence-corrected chi connectivity index (χ4v) is 1.51. The van der Waals surface area contributed by atoms with Crippen molar-refractivity contribution >= 4 is 11.6 Å². The number of hydrogen-bond donors (Lipinski definition) is 1. The molecule has 0 unspecified atom stereocenters. The highest BCUT2D eigenvalue weighted by molar-refractivity contribution is 5.97. The minimum absolute atomic E-state index is 0.168. The molecule has 0 aliphatic carbocycles. The largest absolute Gasteiger partial charge is 0.422 e. The SMILES string of the molecule is CN(C)C(=O)c1ccc(N)cc1Oc1ncn(C)n1. The van der Waals surface area contributed by atoms with Crippen molar-refractivity contribution in [3.05, 3.63) is 30.1 Å². The summed E-state index contributed by atoms with van der Waals surface area (Å²) < 4.78 is 7.02. The molecule has 2 rings (SSSR count). The van der Waals surface area contributed by atoms with Gasteiger partial charge >= 0.3 is 6.01 Å². The van der Waals surface area contributed by atoms with E-state index in [1.807, 2.05) is 0 Å². The molecule has 0 atom stereocenters. The van der Waals surface area contributed by atoms with Crippen LogP contribution in [0, 0.1) is 0 Å². The quantitative estimate of drug-likeness (QED) is 0.829. The number of anilines is 1. The summed E-state index contributed by atoms with van der Waals surface area (Å²) in [7, 11) is 5.06. The van der Waals surface area contributed by atoms with E-state index in [0.717, 1.165) is 0 Å². The number of nitrogens with two attached hydrogens (primary N) is 1. The van der Waals surface area contributed by atoms with Gasteiger partial charge in [-0.1, -0.05) is 0 Å². The van der Waals surface area contributed by atoms with Crippen molar-refractivity contribution in [2.45, 2.75) is 0 Å². The third kappa shape index (κ3) is 2.82. The Morgan fingerprint density at radius 1 is 1.42 bits per heavy atom. The Morgan fingerprint density at radius 3 is 2.74 bits per heavy atom. The van der Waals surface area contributed by atoms with Gasteiger partial charge in [0.05, 0.1) is 5.56 Å². The van der Waals surface area contributed by atoms with Crippen molar-refractivity contribution in [2.24, 2.45) is 7.05 Å². The first-order valence-corrected chi connectivity index (χ1v) is 5.62.